The van der Waals surface area contributed by atoms with Crippen molar-refractivity contribution in [3.63, 3.8) is 0 Å². The molecule has 4 rings (SSSR count). The quantitative estimate of drug-likeness (QED) is 0.631. The van der Waals surface area contributed by atoms with Crippen LogP contribution in [-0.2, 0) is 0 Å². The molecule has 0 atom stereocenters. The summed E-state index contributed by atoms with van der Waals surface area (Å²) in [4.78, 5) is 20.7. The summed E-state index contributed by atoms with van der Waals surface area (Å²) in [6.45, 7) is 10.1. The molecule has 5 nitrogen and oxygen atoms in total. The normalized spacial score (nSPS) is 15.0. The Morgan fingerprint density at radius 2 is 1.79 bits per heavy atom. The molecule has 2 heterocycles. The molecule has 1 fully saturated rings. The van der Waals surface area contributed by atoms with E-state index in [9.17, 15) is 4.79 Å². The van der Waals surface area contributed by atoms with E-state index in [1.54, 1.807) is 0 Å². The van der Waals surface area contributed by atoms with Gasteiger partial charge in [0.15, 0.2) is 0 Å². The molecule has 5 heteroatoms. The molecule has 0 aliphatic carbocycles. The van der Waals surface area contributed by atoms with Crippen LogP contribution in [0.2, 0.25) is 0 Å². The molecule has 1 aromatic heterocycles. The van der Waals surface area contributed by atoms with Crippen LogP contribution in [0.3, 0.4) is 0 Å². The van der Waals surface area contributed by atoms with E-state index in [1.165, 1.54) is 16.8 Å². The van der Waals surface area contributed by atoms with Gasteiger partial charge in [0.2, 0.25) is 0 Å². The molecule has 2 N–H and O–H groups in total. The van der Waals surface area contributed by atoms with E-state index in [4.69, 9.17) is 0 Å². The number of hydrogen-bond acceptors (Lipinski definition) is 3. The van der Waals surface area contributed by atoms with Gasteiger partial charge in [0, 0.05) is 49.3 Å². The number of rotatable bonds is 6. The highest BCUT2D eigenvalue weighted by atomic mass is 16.1. The third-order valence-corrected chi connectivity index (χ3v) is 5.76. The molecular formula is C24H30N4O. The third kappa shape index (κ3) is 4.62. The molecular weight excluding hydrogens is 360 g/mol. The van der Waals surface area contributed by atoms with Gasteiger partial charge in [-0.2, -0.15) is 0 Å². The Labute approximate surface area is 172 Å². The summed E-state index contributed by atoms with van der Waals surface area (Å²) in [6, 6.07) is 16.8. The van der Waals surface area contributed by atoms with E-state index in [2.05, 4.69) is 76.4 Å². The van der Waals surface area contributed by atoms with Gasteiger partial charge >= 0.3 is 0 Å². The van der Waals surface area contributed by atoms with Gasteiger partial charge in [0.1, 0.15) is 5.69 Å². The van der Waals surface area contributed by atoms with Gasteiger partial charge in [0.25, 0.3) is 5.91 Å². The lowest BCUT2D eigenvalue weighted by Gasteiger charge is -2.36. The summed E-state index contributed by atoms with van der Waals surface area (Å²) in [7, 11) is 0. The van der Waals surface area contributed by atoms with Crippen molar-refractivity contribution >= 4 is 22.5 Å². The molecule has 152 valence electrons. The Morgan fingerprint density at radius 1 is 1.03 bits per heavy atom. The Bertz CT molecular complexity index is 971. The van der Waals surface area contributed by atoms with Crippen LogP contribution in [0.1, 0.15) is 28.0 Å². The van der Waals surface area contributed by atoms with E-state index in [1.807, 2.05) is 6.07 Å². The number of aryl methyl sites for hydroxylation is 2. The molecule has 0 bridgehead atoms. The predicted molar refractivity (Wildman–Crippen MR) is 120 cm³/mol. The topological polar surface area (TPSA) is 51.4 Å². The van der Waals surface area contributed by atoms with Crippen LogP contribution < -0.4 is 10.2 Å². The van der Waals surface area contributed by atoms with Crippen LogP contribution in [0.15, 0.2) is 48.5 Å². The monoisotopic (exact) mass is 390 g/mol. The second-order valence-electron chi connectivity index (χ2n) is 8.00. The number of para-hydroxylation sites is 1. The van der Waals surface area contributed by atoms with Crippen molar-refractivity contribution in [1.29, 1.82) is 0 Å². The molecule has 0 spiro atoms. The van der Waals surface area contributed by atoms with Crippen molar-refractivity contribution in [2.75, 3.05) is 44.2 Å². The SMILES string of the molecule is Cc1cc(C)c2cc(C(=O)NCCCN3CCN(c4ccccc4)CC3)[nH]c2c1. The largest absolute Gasteiger partial charge is 0.369 e. The van der Waals surface area contributed by atoms with Crippen molar-refractivity contribution in [2.24, 2.45) is 0 Å². The van der Waals surface area contributed by atoms with E-state index in [0.29, 0.717) is 12.2 Å². The minimum absolute atomic E-state index is 0.0212. The average molecular weight is 391 g/mol. The van der Waals surface area contributed by atoms with Gasteiger partial charge < -0.3 is 15.2 Å². The van der Waals surface area contributed by atoms with Crippen LogP contribution >= 0.6 is 0 Å². The first-order chi connectivity index (χ1) is 14.1. The van der Waals surface area contributed by atoms with Crippen molar-refractivity contribution < 1.29 is 4.79 Å². The van der Waals surface area contributed by atoms with E-state index in [-0.39, 0.29) is 5.91 Å². The fourth-order valence-corrected chi connectivity index (χ4v) is 4.19. The summed E-state index contributed by atoms with van der Waals surface area (Å²) in [5.74, 6) is -0.0212. The maximum absolute atomic E-state index is 12.5. The second-order valence-corrected chi connectivity index (χ2v) is 8.00. The minimum atomic E-state index is -0.0212. The first-order valence-electron chi connectivity index (χ1n) is 10.5. The maximum Gasteiger partial charge on any atom is 0.267 e. The molecule has 1 aliphatic heterocycles. The Morgan fingerprint density at radius 3 is 2.55 bits per heavy atom. The van der Waals surface area contributed by atoms with E-state index >= 15 is 0 Å². The number of amides is 1. The molecule has 3 aromatic rings. The fraction of sp³-hybridized carbons (Fsp3) is 0.375. The summed E-state index contributed by atoms with van der Waals surface area (Å²) >= 11 is 0. The standard InChI is InChI=1S/C24H30N4O/c1-18-15-19(2)21-17-23(26-22(21)16-18)24(29)25-9-6-10-27-11-13-28(14-12-27)20-7-4-3-5-8-20/h3-5,7-8,15-17,26H,6,9-14H2,1-2H3,(H,25,29). The van der Waals surface area contributed by atoms with Crippen LogP contribution in [0.5, 0.6) is 0 Å². The summed E-state index contributed by atoms with van der Waals surface area (Å²) in [5.41, 5.74) is 5.39. The van der Waals surface area contributed by atoms with Gasteiger partial charge in [-0.15, -0.1) is 0 Å². The van der Waals surface area contributed by atoms with Crippen molar-refractivity contribution in [2.45, 2.75) is 20.3 Å². The second kappa shape index (κ2) is 8.70. The van der Waals surface area contributed by atoms with Crippen molar-refractivity contribution in [3.05, 3.63) is 65.4 Å². The molecule has 2 aromatic carbocycles. The molecule has 1 amide bonds. The van der Waals surface area contributed by atoms with Gasteiger partial charge in [-0.05, 0) is 62.2 Å². The zero-order valence-corrected chi connectivity index (χ0v) is 17.4. The number of nitrogens with one attached hydrogen (secondary N) is 2. The molecule has 1 aliphatic rings. The first kappa shape index (κ1) is 19.5. The highest BCUT2D eigenvalue weighted by Gasteiger charge is 2.17. The number of nitrogens with zero attached hydrogens (tertiary/aromatic N) is 2. The lowest BCUT2D eigenvalue weighted by Crippen LogP contribution is -2.47. The molecule has 0 saturated carbocycles. The number of aromatic amines is 1. The van der Waals surface area contributed by atoms with E-state index in [0.717, 1.165) is 50.0 Å². The smallest absolute Gasteiger partial charge is 0.267 e. The van der Waals surface area contributed by atoms with Crippen molar-refractivity contribution in [3.8, 4) is 0 Å². The Hall–Kier alpha value is -2.79. The van der Waals surface area contributed by atoms with Crippen LogP contribution in [0, 0.1) is 13.8 Å². The third-order valence-electron chi connectivity index (χ3n) is 5.76. The number of carbonyl (C=O) groups excluding carboxylic acids is 1. The number of H-pyrrole nitrogens is 1. The zero-order chi connectivity index (χ0) is 20.2. The van der Waals surface area contributed by atoms with Crippen LogP contribution in [-0.4, -0.2) is 55.1 Å². The van der Waals surface area contributed by atoms with Crippen LogP contribution in [0.4, 0.5) is 5.69 Å². The maximum atomic E-state index is 12.5. The molecule has 0 radical (unpaired) electrons. The van der Waals surface area contributed by atoms with Crippen LogP contribution in [0.25, 0.3) is 10.9 Å². The number of aromatic nitrogens is 1. The van der Waals surface area contributed by atoms with Gasteiger partial charge in [-0.3, -0.25) is 9.69 Å². The number of carbonyl (C=O) groups is 1. The average Bonchev–Trinajstić information content (AvgIpc) is 3.17. The molecule has 0 unspecified atom stereocenters. The Kier molecular flexibility index (Phi) is 5.86. The summed E-state index contributed by atoms with van der Waals surface area (Å²) in [5, 5.41) is 4.18. The Balaban J connectivity index is 1.21. The number of fused-ring (bicyclic) bond motifs is 1. The number of hydrogen-bond donors (Lipinski definition) is 2. The highest BCUT2D eigenvalue weighted by Crippen LogP contribution is 2.21. The lowest BCUT2D eigenvalue weighted by atomic mass is 10.1. The number of anilines is 1. The van der Waals surface area contributed by atoms with Gasteiger partial charge in [-0.1, -0.05) is 24.3 Å². The summed E-state index contributed by atoms with van der Waals surface area (Å²) < 4.78 is 0. The molecule has 1 saturated heterocycles. The summed E-state index contributed by atoms with van der Waals surface area (Å²) in [6.07, 6.45) is 0.968. The minimum Gasteiger partial charge on any atom is -0.369 e. The van der Waals surface area contributed by atoms with Gasteiger partial charge in [-0.25, -0.2) is 0 Å². The van der Waals surface area contributed by atoms with E-state index < -0.39 is 0 Å². The first-order valence-corrected chi connectivity index (χ1v) is 10.5. The lowest BCUT2D eigenvalue weighted by molar-refractivity contribution is 0.0947. The number of piperazine rings is 1. The number of benzene rings is 2. The predicted octanol–water partition coefficient (Wildman–Crippen LogP) is 3.73. The fourth-order valence-electron chi connectivity index (χ4n) is 4.19. The van der Waals surface area contributed by atoms with Crippen molar-refractivity contribution in [1.82, 2.24) is 15.2 Å². The molecule has 29 heavy (non-hydrogen) atoms. The highest BCUT2D eigenvalue weighted by molar-refractivity contribution is 5.98. The zero-order valence-electron chi connectivity index (χ0n) is 17.4. The van der Waals surface area contributed by atoms with Gasteiger partial charge in [0.05, 0.1) is 0 Å².